The molecular weight excluding hydrogens is 354 g/mol. The lowest BCUT2D eigenvalue weighted by atomic mass is 9.91. The molecule has 0 bridgehead atoms. The number of ether oxygens (including phenoxy) is 2. The molecule has 1 aliphatic heterocycles. The summed E-state index contributed by atoms with van der Waals surface area (Å²) in [5.41, 5.74) is 0.858. The van der Waals surface area contributed by atoms with Crippen molar-refractivity contribution < 1.29 is 19.4 Å². The SMILES string of the molecule is CC1(/C=C/CCCCCCC#N)CCc2cc(OCCCC(=O)O)ccc2O1. The molecule has 28 heavy (non-hydrogen) atoms. The van der Waals surface area contributed by atoms with Gasteiger partial charge in [-0.15, -0.1) is 0 Å². The van der Waals surface area contributed by atoms with E-state index in [1.807, 2.05) is 18.2 Å². The van der Waals surface area contributed by atoms with E-state index in [1.165, 1.54) is 6.42 Å². The molecule has 1 unspecified atom stereocenters. The highest BCUT2D eigenvalue weighted by Crippen LogP contribution is 2.36. The second kappa shape index (κ2) is 11.4. The largest absolute Gasteiger partial charge is 0.494 e. The van der Waals surface area contributed by atoms with Gasteiger partial charge < -0.3 is 14.6 Å². The first-order valence-corrected chi connectivity index (χ1v) is 10.2. The van der Waals surface area contributed by atoms with Crippen molar-refractivity contribution in [3.63, 3.8) is 0 Å². The summed E-state index contributed by atoms with van der Waals surface area (Å²) in [6.07, 6.45) is 13.0. The number of unbranched alkanes of at least 4 members (excludes halogenated alkanes) is 5. The molecule has 2 rings (SSSR count). The predicted molar refractivity (Wildman–Crippen MR) is 109 cm³/mol. The first kappa shape index (κ1) is 21.8. The number of allylic oxidation sites excluding steroid dienone is 1. The summed E-state index contributed by atoms with van der Waals surface area (Å²) in [6, 6.07) is 8.02. The lowest BCUT2D eigenvalue weighted by Crippen LogP contribution is -2.34. The average Bonchev–Trinajstić information content (AvgIpc) is 2.67. The maximum absolute atomic E-state index is 10.5. The van der Waals surface area contributed by atoms with E-state index in [0.29, 0.717) is 19.4 Å². The maximum Gasteiger partial charge on any atom is 0.303 e. The quantitative estimate of drug-likeness (QED) is 0.383. The molecule has 152 valence electrons. The van der Waals surface area contributed by atoms with Gasteiger partial charge in [-0.1, -0.05) is 18.9 Å². The summed E-state index contributed by atoms with van der Waals surface area (Å²) in [7, 11) is 0. The lowest BCUT2D eigenvalue weighted by molar-refractivity contribution is -0.137. The van der Waals surface area contributed by atoms with Gasteiger partial charge in [-0.3, -0.25) is 4.79 Å². The van der Waals surface area contributed by atoms with Crippen molar-refractivity contribution >= 4 is 5.97 Å². The van der Waals surface area contributed by atoms with E-state index in [-0.39, 0.29) is 12.0 Å². The van der Waals surface area contributed by atoms with Crippen LogP contribution in [0.4, 0.5) is 0 Å². The van der Waals surface area contributed by atoms with Crippen LogP contribution in [0.25, 0.3) is 0 Å². The fourth-order valence-corrected chi connectivity index (χ4v) is 3.31. The van der Waals surface area contributed by atoms with Gasteiger partial charge in [0.2, 0.25) is 0 Å². The van der Waals surface area contributed by atoms with Gasteiger partial charge in [0.05, 0.1) is 12.7 Å². The molecular formula is C23H31NO4. The van der Waals surface area contributed by atoms with Crippen LogP contribution in [0.5, 0.6) is 11.5 Å². The molecule has 5 heteroatoms. The summed E-state index contributed by atoms with van der Waals surface area (Å²) in [6.45, 7) is 2.53. The first-order valence-electron chi connectivity index (χ1n) is 10.2. The Kier molecular flexibility index (Phi) is 8.87. The minimum atomic E-state index is -0.797. The Morgan fingerprint density at radius 1 is 1.32 bits per heavy atom. The highest BCUT2D eigenvalue weighted by atomic mass is 16.5. The molecule has 1 heterocycles. The first-order chi connectivity index (χ1) is 13.5. The van der Waals surface area contributed by atoms with Crippen LogP contribution in [0.1, 0.15) is 70.3 Å². The van der Waals surface area contributed by atoms with Gasteiger partial charge in [0.25, 0.3) is 0 Å². The molecule has 5 nitrogen and oxygen atoms in total. The summed E-state index contributed by atoms with van der Waals surface area (Å²) in [5, 5.41) is 17.2. The Labute approximate surface area is 168 Å². The van der Waals surface area contributed by atoms with Crippen molar-refractivity contribution in [2.45, 2.75) is 76.7 Å². The number of hydrogen-bond acceptors (Lipinski definition) is 4. The Bertz CT molecular complexity index is 707. The summed E-state index contributed by atoms with van der Waals surface area (Å²) < 4.78 is 11.9. The van der Waals surface area contributed by atoms with Crippen molar-refractivity contribution in [1.29, 1.82) is 5.26 Å². The number of carboxylic acid groups (broad SMARTS) is 1. The van der Waals surface area contributed by atoms with E-state index in [9.17, 15) is 4.79 Å². The van der Waals surface area contributed by atoms with Gasteiger partial charge in [-0.2, -0.15) is 5.26 Å². The molecule has 1 aromatic carbocycles. The molecule has 0 aromatic heterocycles. The number of carbonyl (C=O) groups is 1. The molecule has 0 saturated carbocycles. The van der Waals surface area contributed by atoms with Crippen molar-refractivity contribution in [3.05, 3.63) is 35.9 Å². The summed E-state index contributed by atoms with van der Waals surface area (Å²) in [5.74, 6) is 0.866. The molecule has 1 aliphatic rings. The molecule has 0 saturated heterocycles. The van der Waals surface area contributed by atoms with Crippen LogP contribution in [0.15, 0.2) is 30.4 Å². The van der Waals surface area contributed by atoms with Crippen LogP contribution < -0.4 is 9.47 Å². The molecule has 0 radical (unpaired) electrons. The fraction of sp³-hybridized carbons (Fsp3) is 0.565. The minimum absolute atomic E-state index is 0.124. The summed E-state index contributed by atoms with van der Waals surface area (Å²) >= 11 is 0. The monoisotopic (exact) mass is 385 g/mol. The van der Waals surface area contributed by atoms with E-state index in [2.05, 4.69) is 25.1 Å². The lowest BCUT2D eigenvalue weighted by Gasteiger charge is -2.33. The average molecular weight is 386 g/mol. The highest BCUT2D eigenvalue weighted by Gasteiger charge is 2.29. The van der Waals surface area contributed by atoms with E-state index in [4.69, 9.17) is 19.8 Å². The fourth-order valence-electron chi connectivity index (χ4n) is 3.31. The topological polar surface area (TPSA) is 79.5 Å². The number of nitrogens with zero attached hydrogens (tertiary/aromatic N) is 1. The standard InChI is InChI=1S/C23H31NO4/c1-23(14-7-5-3-2-4-6-8-16-24)15-13-19-18-20(11-12-21(19)28-23)27-17-9-10-22(25)26/h7,11-12,14,18H,2-6,8-10,13,15,17H2,1H3,(H,25,26)/b14-7+. The molecule has 1 aromatic rings. The van der Waals surface area contributed by atoms with Crippen LogP contribution in [0.2, 0.25) is 0 Å². The van der Waals surface area contributed by atoms with Crippen molar-refractivity contribution in [2.24, 2.45) is 0 Å². The number of hydrogen-bond donors (Lipinski definition) is 1. The van der Waals surface area contributed by atoms with Gasteiger partial charge in [-0.25, -0.2) is 0 Å². The van der Waals surface area contributed by atoms with Gasteiger partial charge in [0.15, 0.2) is 0 Å². The number of nitriles is 1. The van der Waals surface area contributed by atoms with Crippen molar-refractivity contribution in [2.75, 3.05) is 6.61 Å². The third-order valence-corrected chi connectivity index (χ3v) is 4.95. The highest BCUT2D eigenvalue weighted by molar-refractivity contribution is 5.66. The minimum Gasteiger partial charge on any atom is -0.494 e. The number of carboxylic acids is 1. The van der Waals surface area contributed by atoms with E-state index in [0.717, 1.165) is 55.6 Å². The normalized spacial score (nSPS) is 18.3. The zero-order valence-electron chi connectivity index (χ0n) is 16.8. The molecule has 0 aliphatic carbocycles. The molecule has 0 amide bonds. The van der Waals surface area contributed by atoms with Gasteiger partial charge in [0, 0.05) is 12.8 Å². The second-order valence-corrected chi connectivity index (χ2v) is 7.54. The number of benzene rings is 1. The third kappa shape index (κ3) is 7.64. The van der Waals surface area contributed by atoms with Crippen molar-refractivity contribution in [3.8, 4) is 17.6 Å². The van der Waals surface area contributed by atoms with Crippen LogP contribution >= 0.6 is 0 Å². The number of aliphatic carboxylic acids is 1. The van der Waals surface area contributed by atoms with Gasteiger partial charge in [-0.05, 0) is 75.3 Å². The number of rotatable bonds is 12. The van der Waals surface area contributed by atoms with Crippen molar-refractivity contribution in [1.82, 2.24) is 0 Å². The molecule has 1 N–H and O–H groups in total. The van der Waals surface area contributed by atoms with Crippen LogP contribution in [0.3, 0.4) is 0 Å². The van der Waals surface area contributed by atoms with E-state index < -0.39 is 5.97 Å². The second-order valence-electron chi connectivity index (χ2n) is 7.54. The Balaban J connectivity index is 1.77. The Hall–Kier alpha value is -2.48. The third-order valence-electron chi connectivity index (χ3n) is 4.95. The van der Waals surface area contributed by atoms with E-state index in [1.54, 1.807) is 0 Å². The zero-order chi connectivity index (χ0) is 20.2. The van der Waals surface area contributed by atoms with Crippen LogP contribution in [0, 0.1) is 11.3 Å². The number of fused-ring (bicyclic) bond motifs is 1. The maximum atomic E-state index is 10.5. The van der Waals surface area contributed by atoms with Gasteiger partial charge in [0.1, 0.15) is 17.1 Å². The molecule has 0 fully saturated rings. The molecule has 1 atom stereocenters. The summed E-state index contributed by atoms with van der Waals surface area (Å²) in [4.78, 5) is 10.5. The Morgan fingerprint density at radius 3 is 2.93 bits per heavy atom. The predicted octanol–water partition coefficient (Wildman–Crippen LogP) is 5.43. The smallest absolute Gasteiger partial charge is 0.303 e. The Morgan fingerprint density at radius 2 is 2.14 bits per heavy atom. The zero-order valence-corrected chi connectivity index (χ0v) is 16.8. The van der Waals surface area contributed by atoms with Gasteiger partial charge >= 0.3 is 5.97 Å². The molecule has 0 spiro atoms. The van der Waals surface area contributed by atoms with E-state index >= 15 is 0 Å². The van der Waals surface area contributed by atoms with Crippen LogP contribution in [-0.2, 0) is 11.2 Å². The van der Waals surface area contributed by atoms with Crippen LogP contribution in [-0.4, -0.2) is 23.3 Å². The number of aryl methyl sites for hydroxylation is 1.